The van der Waals surface area contributed by atoms with Crippen LogP contribution in [0.4, 0.5) is 11.5 Å². The van der Waals surface area contributed by atoms with Crippen LogP contribution >= 0.6 is 11.6 Å². The number of nitrogens with one attached hydrogen (secondary N) is 1. The van der Waals surface area contributed by atoms with Gasteiger partial charge in [-0.1, -0.05) is 30.7 Å². The van der Waals surface area contributed by atoms with E-state index in [1.165, 1.54) is 11.9 Å². The van der Waals surface area contributed by atoms with E-state index >= 15 is 0 Å². The van der Waals surface area contributed by atoms with Crippen LogP contribution in [0.5, 0.6) is 0 Å². The number of fused-ring (bicyclic) bond motifs is 1. The molecule has 0 saturated heterocycles. The molecule has 3 rings (SSSR count). The second kappa shape index (κ2) is 4.85. The summed E-state index contributed by atoms with van der Waals surface area (Å²) in [4.78, 5) is 8.11. The van der Waals surface area contributed by atoms with E-state index < -0.39 is 0 Å². The third-order valence-electron chi connectivity index (χ3n) is 2.86. The highest BCUT2D eigenvalue weighted by Gasteiger charge is 2.06. The van der Waals surface area contributed by atoms with Crippen LogP contribution in [0.2, 0.25) is 5.15 Å². The van der Waals surface area contributed by atoms with Crippen molar-refractivity contribution < 1.29 is 0 Å². The van der Waals surface area contributed by atoms with Gasteiger partial charge in [-0.25, -0.2) is 0 Å². The molecule has 0 aliphatic carbocycles. The molecule has 0 bridgehead atoms. The monoisotopic (exact) mass is 273 g/mol. The smallest absolute Gasteiger partial charge is 0.255 e. The van der Waals surface area contributed by atoms with E-state index in [1.54, 1.807) is 10.6 Å². The number of nitrogens with zero attached hydrogens (tertiary/aromatic N) is 4. The van der Waals surface area contributed by atoms with E-state index in [4.69, 9.17) is 11.6 Å². The zero-order valence-corrected chi connectivity index (χ0v) is 11.1. The zero-order chi connectivity index (χ0) is 13.2. The molecule has 5 nitrogen and oxygen atoms in total. The Balaban J connectivity index is 1.97. The highest BCUT2D eigenvalue weighted by atomic mass is 35.5. The molecule has 1 aromatic carbocycles. The number of anilines is 2. The average Bonchev–Trinajstić information content (AvgIpc) is 2.88. The number of rotatable bonds is 3. The number of benzene rings is 1. The molecule has 2 aromatic heterocycles. The number of hydrogen-bond donors (Lipinski definition) is 1. The highest BCUT2D eigenvalue weighted by molar-refractivity contribution is 6.29. The van der Waals surface area contributed by atoms with Crippen LogP contribution in [0.15, 0.2) is 36.7 Å². The van der Waals surface area contributed by atoms with Gasteiger partial charge in [-0.3, -0.25) is 0 Å². The predicted octanol–water partition coefficient (Wildman–Crippen LogP) is 3.08. The molecule has 0 saturated carbocycles. The molecule has 0 aliphatic rings. The van der Waals surface area contributed by atoms with Gasteiger partial charge in [0, 0.05) is 11.8 Å². The summed E-state index contributed by atoms with van der Waals surface area (Å²) in [6.07, 6.45) is 2.47. The van der Waals surface area contributed by atoms with E-state index in [9.17, 15) is 0 Å². The molecule has 0 fully saturated rings. The van der Waals surface area contributed by atoms with Crippen molar-refractivity contribution in [2.24, 2.45) is 0 Å². The molecule has 6 heteroatoms. The highest BCUT2D eigenvalue weighted by Crippen LogP contribution is 2.20. The number of aryl methyl sites for hydroxylation is 1. The Morgan fingerprint density at radius 1 is 1.26 bits per heavy atom. The minimum Gasteiger partial charge on any atom is -0.340 e. The molecule has 0 atom stereocenters. The van der Waals surface area contributed by atoms with Crippen molar-refractivity contribution in [1.82, 2.24) is 19.6 Å². The van der Waals surface area contributed by atoms with Gasteiger partial charge in [0.15, 0.2) is 0 Å². The first kappa shape index (κ1) is 11.9. The molecule has 3 aromatic rings. The fourth-order valence-electron chi connectivity index (χ4n) is 1.84. The first-order valence-electron chi connectivity index (χ1n) is 5.98. The maximum Gasteiger partial charge on any atom is 0.255 e. The van der Waals surface area contributed by atoms with Crippen molar-refractivity contribution >= 4 is 28.9 Å². The standard InChI is InChI=1S/C13H12ClN5/c1-2-9-3-5-10(6-4-9)17-12-7-11(14)18-13-15-8-16-19(12)13/h3-8,17H,2H2,1H3. The SMILES string of the molecule is CCc1ccc(Nc2cc(Cl)nc3ncnn23)cc1. The second-order valence-corrected chi connectivity index (χ2v) is 4.50. The van der Waals surface area contributed by atoms with E-state index in [1.807, 2.05) is 12.1 Å². The fourth-order valence-corrected chi connectivity index (χ4v) is 2.02. The Kier molecular flexibility index (Phi) is 3.05. The summed E-state index contributed by atoms with van der Waals surface area (Å²) in [6.45, 7) is 2.13. The van der Waals surface area contributed by atoms with Crippen LogP contribution in [0.1, 0.15) is 12.5 Å². The van der Waals surface area contributed by atoms with Crippen molar-refractivity contribution in [3.63, 3.8) is 0 Å². The van der Waals surface area contributed by atoms with Gasteiger partial charge in [0.05, 0.1) is 0 Å². The van der Waals surface area contributed by atoms with Crippen molar-refractivity contribution in [1.29, 1.82) is 0 Å². The minimum absolute atomic E-state index is 0.383. The summed E-state index contributed by atoms with van der Waals surface area (Å²) in [6, 6.07) is 9.94. The second-order valence-electron chi connectivity index (χ2n) is 4.11. The fraction of sp³-hybridized carbons (Fsp3) is 0.154. The summed E-state index contributed by atoms with van der Waals surface area (Å²) < 4.78 is 1.61. The normalized spacial score (nSPS) is 10.8. The topological polar surface area (TPSA) is 55.1 Å². The van der Waals surface area contributed by atoms with Gasteiger partial charge in [0.2, 0.25) is 0 Å². The summed E-state index contributed by atoms with van der Waals surface area (Å²) in [5.74, 6) is 1.21. The molecular weight excluding hydrogens is 262 g/mol. The Hall–Kier alpha value is -2.14. The Labute approximate surface area is 115 Å². The molecule has 0 radical (unpaired) electrons. The summed E-state index contributed by atoms with van der Waals surface area (Å²) >= 11 is 5.96. The van der Waals surface area contributed by atoms with Gasteiger partial charge in [0.25, 0.3) is 5.78 Å². The van der Waals surface area contributed by atoms with E-state index in [0.29, 0.717) is 10.9 Å². The van der Waals surface area contributed by atoms with Gasteiger partial charge in [-0.05, 0) is 24.1 Å². The Morgan fingerprint density at radius 2 is 2.05 bits per heavy atom. The molecule has 1 N–H and O–H groups in total. The first-order valence-corrected chi connectivity index (χ1v) is 6.36. The number of aromatic nitrogens is 4. The maximum absolute atomic E-state index is 5.96. The average molecular weight is 274 g/mol. The summed E-state index contributed by atoms with van der Waals surface area (Å²) in [5, 5.41) is 7.76. The Morgan fingerprint density at radius 3 is 2.79 bits per heavy atom. The molecule has 96 valence electrons. The lowest BCUT2D eigenvalue weighted by Crippen LogP contribution is -2.01. The van der Waals surface area contributed by atoms with E-state index in [0.717, 1.165) is 17.9 Å². The molecule has 19 heavy (non-hydrogen) atoms. The zero-order valence-electron chi connectivity index (χ0n) is 10.3. The lowest BCUT2D eigenvalue weighted by atomic mass is 10.1. The van der Waals surface area contributed by atoms with E-state index in [2.05, 4.69) is 39.4 Å². The van der Waals surface area contributed by atoms with Gasteiger partial charge < -0.3 is 5.32 Å². The van der Waals surface area contributed by atoms with Crippen LogP contribution in [0.3, 0.4) is 0 Å². The van der Waals surface area contributed by atoms with Crippen LogP contribution < -0.4 is 5.32 Å². The molecule has 0 spiro atoms. The van der Waals surface area contributed by atoms with Crippen LogP contribution in [-0.4, -0.2) is 19.6 Å². The predicted molar refractivity (Wildman–Crippen MR) is 74.9 cm³/mol. The Bertz CT molecular complexity index is 705. The van der Waals surface area contributed by atoms with Crippen LogP contribution in [0.25, 0.3) is 5.78 Å². The first-order chi connectivity index (χ1) is 9.26. The third-order valence-corrected chi connectivity index (χ3v) is 3.05. The maximum atomic E-state index is 5.96. The van der Waals surface area contributed by atoms with Gasteiger partial charge in [-0.2, -0.15) is 19.6 Å². The van der Waals surface area contributed by atoms with Crippen LogP contribution in [0, 0.1) is 0 Å². The molecule has 0 aliphatic heterocycles. The van der Waals surface area contributed by atoms with Crippen molar-refractivity contribution in [2.75, 3.05) is 5.32 Å². The van der Waals surface area contributed by atoms with Gasteiger partial charge in [-0.15, -0.1) is 0 Å². The van der Waals surface area contributed by atoms with Crippen LogP contribution in [-0.2, 0) is 6.42 Å². The number of halogens is 1. The third kappa shape index (κ3) is 2.37. The van der Waals surface area contributed by atoms with E-state index in [-0.39, 0.29) is 0 Å². The lowest BCUT2D eigenvalue weighted by Gasteiger charge is -2.08. The summed E-state index contributed by atoms with van der Waals surface area (Å²) in [5.41, 5.74) is 2.26. The van der Waals surface area contributed by atoms with Crippen molar-refractivity contribution in [2.45, 2.75) is 13.3 Å². The lowest BCUT2D eigenvalue weighted by molar-refractivity contribution is 0.947. The summed E-state index contributed by atoms with van der Waals surface area (Å²) in [7, 11) is 0. The minimum atomic E-state index is 0.383. The molecule has 0 unspecified atom stereocenters. The van der Waals surface area contributed by atoms with Gasteiger partial charge in [0.1, 0.15) is 17.3 Å². The van der Waals surface area contributed by atoms with Gasteiger partial charge >= 0.3 is 0 Å². The quantitative estimate of drug-likeness (QED) is 0.745. The molecule has 2 heterocycles. The largest absolute Gasteiger partial charge is 0.340 e. The number of hydrogen-bond acceptors (Lipinski definition) is 4. The van der Waals surface area contributed by atoms with Crippen molar-refractivity contribution in [3.05, 3.63) is 47.4 Å². The molecule has 0 amide bonds. The van der Waals surface area contributed by atoms with Crippen molar-refractivity contribution in [3.8, 4) is 0 Å². The molecular formula is C13H12ClN5.